The molecular formula is C16H14N4O4S. The third-order valence-corrected chi connectivity index (χ3v) is 4.68. The van der Waals surface area contributed by atoms with E-state index in [-0.39, 0.29) is 16.8 Å². The minimum Gasteiger partial charge on any atom is -0.326 e. The molecule has 0 spiro atoms. The van der Waals surface area contributed by atoms with E-state index in [0.717, 1.165) is 0 Å². The van der Waals surface area contributed by atoms with Crippen LogP contribution in [0.2, 0.25) is 0 Å². The molecule has 1 aromatic heterocycles. The maximum Gasteiger partial charge on any atom is 0.264 e. The summed E-state index contributed by atoms with van der Waals surface area (Å²) in [6.45, 7) is 1.36. The van der Waals surface area contributed by atoms with Gasteiger partial charge in [0.1, 0.15) is 0 Å². The molecule has 0 bridgehead atoms. The van der Waals surface area contributed by atoms with E-state index in [1.807, 2.05) is 0 Å². The van der Waals surface area contributed by atoms with Crippen molar-refractivity contribution in [2.75, 3.05) is 10.0 Å². The average Bonchev–Trinajstić information content (AvgIpc) is 2.54. The molecule has 3 N–H and O–H groups in total. The highest BCUT2D eigenvalue weighted by molar-refractivity contribution is 7.92. The number of nitrogens with one attached hydrogen (secondary N) is 3. The Morgan fingerprint density at radius 1 is 1.08 bits per heavy atom. The van der Waals surface area contributed by atoms with Gasteiger partial charge in [-0.05, 0) is 36.4 Å². The molecule has 8 nitrogen and oxygen atoms in total. The van der Waals surface area contributed by atoms with Crippen LogP contribution in [0, 0.1) is 0 Å². The summed E-state index contributed by atoms with van der Waals surface area (Å²) < 4.78 is 27.1. The van der Waals surface area contributed by atoms with Gasteiger partial charge in [0, 0.05) is 12.6 Å². The number of fused-ring (bicyclic) bond motifs is 1. The number of aromatic amines is 1. The van der Waals surface area contributed by atoms with Gasteiger partial charge in [0.25, 0.3) is 15.6 Å². The van der Waals surface area contributed by atoms with E-state index < -0.39 is 15.6 Å². The summed E-state index contributed by atoms with van der Waals surface area (Å²) in [4.78, 5) is 29.5. The molecule has 0 aliphatic carbocycles. The molecule has 2 aromatic carbocycles. The van der Waals surface area contributed by atoms with E-state index in [0.29, 0.717) is 16.6 Å². The Balaban J connectivity index is 1.91. The zero-order valence-corrected chi connectivity index (χ0v) is 13.9. The Kier molecular flexibility index (Phi) is 4.24. The molecule has 0 radical (unpaired) electrons. The summed E-state index contributed by atoms with van der Waals surface area (Å²) in [5.74, 6) is -0.429. The highest BCUT2D eigenvalue weighted by Crippen LogP contribution is 2.17. The summed E-state index contributed by atoms with van der Waals surface area (Å²) in [6.07, 6.45) is 0. The summed E-state index contributed by atoms with van der Waals surface area (Å²) in [7, 11) is -3.94. The smallest absolute Gasteiger partial charge is 0.264 e. The Morgan fingerprint density at radius 3 is 2.44 bits per heavy atom. The van der Waals surface area contributed by atoms with Crippen molar-refractivity contribution in [3.05, 3.63) is 58.9 Å². The lowest BCUT2D eigenvalue weighted by atomic mass is 10.2. The summed E-state index contributed by atoms with van der Waals surface area (Å²) in [5.41, 5.74) is 0.415. The van der Waals surface area contributed by atoms with Crippen molar-refractivity contribution in [3.8, 4) is 0 Å². The SMILES string of the molecule is CC(=O)Nc1ccc(S(=O)(=O)Nc2nc3ccccc3c(=O)[nH]2)cc1. The maximum absolute atomic E-state index is 12.4. The molecule has 1 heterocycles. The molecule has 0 aliphatic rings. The molecule has 1 amide bonds. The average molecular weight is 358 g/mol. The lowest BCUT2D eigenvalue weighted by molar-refractivity contribution is -0.114. The van der Waals surface area contributed by atoms with Gasteiger partial charge >= 0.3 is 0 Å². The van der Waals surface area contributed by atoms with Crippen LogP contribution >= 0.6 is 0 Å². The third kappa shape index (κ3) is 3.66. The molecule has 0 saturated carbocycles. The van der Waals surface area contributed by atoms with Crippen molar-refractivity contribution in [1.29, 1.82) is 0 Å². The number of benzene rings is 2. The van der Waals surface area contributed by atoms with Gasteiger partial charge in [-0.15, -0.1) is 0 Å². The van der Waals surface area contributed by atoms with Gasteiger partial charge in [0.2, 0.25) is 11.9 Å². The van der Waals surface area contributed by atoms with Gasteiger partial charge in [-0.3, -0.25) is 14.6 Å². The predicted octanol–water partition coefficient (Wildman–Crippen LogP) is 1.68. The first kappa shape index (κ1) is 16.7. The fourth-order valence-electron chi connectivity index (χ4n) is 2.24. The molecule has 0 aliphatic heterocycles. The van der Waals surface area contributed by atoms with E-state index in [4.69, 9.17) is 0 Å². The second-order valence-corrected chi connectivity index (χ2v) is 6.93. The predicted molar refractivity (Wildman–Crippen MR) is 93.9 cm³/mol. The Labute approximate surface area is 143 Å². The zero-order chi connectivity index (χ0) is 18.0. The summed E-state index contributed by atoms with van der Waals surface area (Å²) in [6, 6.07) is 12.2. The molecule has 0 saturated heterocycles. The van der Waals surface area contributed by atoms with Crippen LogP contribution < -0.4 is 15.6 Å². The highest BCUT2D eigenvalue weighted by atomic mass is 32.2. The monoisotopic (exact) mass is 358 g/mol. The van der Waals surface area contributed by atoms with Gasteiger partial charge in [0.05, 0.1) is 15.8 Å². The Hall–Kier alpha value is -3.20. The fourth-order valence-corrected chi connectivity index (χ4v) is 3.21. The fraction of sp³-hybridized carbons (Fsp3) is 0.0625. The van der Waals surface area contributed by atoms with Crippen LogP contribution in [0.5, 0.6) is 0 Å². The number of carbonyl (C=O) groups is 1. The first-order valence-electron chi connectivity index (χ1n) is 7.25. The summed E-state index contributed by atoms with van der Waals surface area (Å²) >= 11 is 0. The molecule has 3 aromatic rings. The third-order valence-electron chi connectivity index (χ3n) is 3.33. The van der Waals surface area contributed by atoms with Crippen molar-refractivity contribution in [3.63, 3.8) is 0 Å². The van der Waals surface area contributed by atoms with E-state index >= 15 is 0 Å². The minimum atomic E-state index is -3.94. The molecule has 128 valence electrons. The van der Waals surface area contributed by atoms with Crippen LogP contribution in [-0.2, 0) is 14.8 Å². The van der Waals surface area contributed by atoms with Crippen LogP contribution in [0.3, 0.4) is 0 Å². The first-order chi connectivity index (χ1) is 11.8. The molecule has 25 heavy (non-hydrogen) atoms. The molecule has 3 rings (SSSR count). The van der Waals surface area contributed by atoms with Crippen LogP contribution in [0.4, 0.5) is 11.6 Å². The Bertz CT molecular complexity index is 1100. The molecule has 9 heteroatoms. The number of amides is 1. The van der Waals surface area contributed by atoms with Crippen molar-refractivity contribution in [1.82, 2.24) is 9.97 Å². The standard InChI is InChI=1S/C16H14N4O4S/c1-10(21)17-11-6-8-12(9-7-11)25(23,24)20-16-18-14-5-3-2-4-13(14)15(22)19-16/h2-9H,1H3,(H,17,21)(H2,18,19,20,22). The largest absolute Gasteiger partial charge is 0.326 e. The van der Waals surface area contributed by atoms with Crippen molar-refractivity contribution in [2.45, 2.75) is 11.8 Å². The number of anilines is 2. The number of rotatable bonds is 4. The van der Waals surface area contributed by atoms with Crippen molar-refractivity contribution in [2.24, 2.45) is 0 Å². The maximum atomic E-state index is 12.4. The Morgan fingerprint density at radius 2 is 1.76 bits per heavy atom. The quantitative estimate of drug-likeness (QED) is 0.655. The molecular weight excluding hydrogens is 344 g/mol. The zero-order valence-electron chi connectivity index (χ0n) is 13.1. The number of sulfonamides is 1. The highest BCUT2D eigenvalue weighted by Gasteiger charge is 2.16. The van der Waals surface area contributed by atoms with Crippen LogP contribution in [0.15, 0.2) is 58.2 Å². The van der Waals surface area contributed by atoms with Gasteiger partial charge in [-0.1, -0.05) is 12.1 Å². The van der Waals surface area contributed by atoms with Crippen LogP contribution in [0.1, 0.15) is 6.92 Å². The van der Waals surface area contributed by atoms with Gasteiger partial charge < -0.3 is 5.32 Å². The van der Waals surface area contributed by atoms with Gasteiger partial charge in [0.15, 0.2) is 0 Å². The number of para-hydroxylation sites is 1. The van der Waals surface area contributed by atoms with E-state index in [2.05, 4.69) is 20.0 Å². The normalized spacial score (nSPS) is 11.2. The molecule has 0 unspecified atom stereocenters. The lowest BCUT2D eigenvalue weighted by Gasteiger charge is -2.09. The van der Waals surface area contributed by atoms with Crippen molar-refractivity contribution < 1.29 is 13.2 Å². The first-order valence-corrected chi connectivity index (χ1v) is 8.73. The van der Waals surface area contributed by atoms with E-state index in [1.165, 1.54) is 31.2 Å². The second kappa shape index (κ2) is 6.36. The number of hydrogen-bond donors (Lipinski definition) is 3. The number of aromatic nitrogens is 2. The molecule has 0 atom stereocenters. The van der Waals surface area contributed by atoms with Gasteiger partial charge in [-0.25, -0.2) is 18.1 Å². The van der Waals surface area contributed by atoms with Gasteiger partial charge in [-0.2, -0.15) is 0 Å². The summed E-state index contributed by atoms with van der Waals surface area (Å²) in [5, 5.41) is 2.91. The lowest BCUT2D eigenvalue weighted by Crippen LogP contribution is -2.19. The second-order valence-electron chi connectivity index (χ2n) is 5.24. The number of nitrogens with zero attached hydrogens (tertiary/aromatic N) is 1. The van der Waals surface area contributed by atoms with Crippen LogP contribution in [-0.4, -0.2) is 24.3 Å². The van der Waals surface area contributed by atoms with Crippen LogP contribution in [0.25, 0.3) is 10.9 Å². The minimum absolute atomic E-state index is 0.0302. The number of H-pyrrole nitrogens is 1. The van der Waals surface area contributed by atoms with E-state index in [9.17, 15) is 18.0 Å². The number of carbonyl (C=O) groups excluding carboxylic acids is 1. The topological polar surface area (TPSA) is 121 Å². The molecule has 0 fully saturated rings. The number of hydrogen-bond acceptors (Lipinski definition) is 5. The van der Waals surface area contributed by atoms with E-state index in [1.54, 1.807) is 24.3 Å². The van der Waals surface area contributed by atoms with Crippen molar-refractivity contribution >= 4 is 38.5 Å².